The first-order valence-corrected chi connectivity index (χ1v) is 34.9. The highest BCUT2D eigenvalue weighted by Crippen LogP contribution is 2.23. The van der Waals surface area contributed by atoms with E-state index in [0.717, 1.165) is 44.0 Å². The monoisotopic (exact) mass is 1120 g/mol. The zero-order valence-corrected chi connectivity index (χ0v) is 54.2. The first-order chi connectivity index (χ1) is 39.0. The molecule has 0 aliphatic rings. The molecule has 0 bridgehead atoms. The predicted molar refractivity (Wildman–Crippen MR) is 348 cm³/mol. The molecular formula is C74H132O6. The molecule has 80 heavy (non-hydrogen) atoms. The van der Waals surface area contributed by atoms with E-state index in [1.165, 1.54) is 303 Å². The molecule has 0 atom stereocenters. The number of unbranched alkanes of at least 4 members (excludes halogenated alkanes) is 45. The van der Waals surface area contributed by atoms with E-state index < -0.39 is 11.2 Å². The standard InChI is InChI=1S/C46H84O3.C28H48O3/c1-5-7-9-11-13-15-17-19-21-23-25-27-29-31-33-35-41-48-44-39-37-43(38-40-44)45(47)46(3,4)49-42-36-34-32-30-28-26-24-22-20-18-16-14-12-10-8-6-2;1-4-5-6-7-8-9-10-11-12-13-14-15-16-17-18-19-24-31-26-22-20-25(21-23-26)27(29)28(2,3)30/h37-40H,5-36,41-42H2,1-4H3;20-23,30H,4-19,24H2,1-3H3. The molecular weight excluding hydrogens is 985 g/mol. The lowest BCUT2D eigenvalue weighted by atomic mass is 9.96. The van der Waals surface area contributed by atoms with E-state index in [-0.39, 0.29) is 11.6 Å². The predicted octanol–water partition coefficient (Wildman–Crippen LogP) is 23.8. The summed E-state index contributed by atoms with van der Waals surface area (Å²) in [6.45, 7) is 15.8. The van der Waals surface area contributed by atoms with Crippen LogP contribution >= 0.6 is 0 Å². The Morgan fingerprint density at radius 2 is 0.500 bits per heavy atom. The number of aliphatic hydroxyl groups is 1. The van der Waals surface area contributed by atoms with Gasteiger partial charge in [0.05, 0.1) is 13.2 Å². The van der Waals surface area contributed by atoms with E-state index in [9.17, 15) is 14.7 Å². The minimum absolute atomic E-state index is 0.0494. The van der Waals surface area contributed by atoms with Gasteiger partial charge in [-0.2, -0.15) is 0 Å². The number of carbonyl (C=O) groups is 2. The normalized spacial score (nSPS) is 11.7. The molecule has 0 aliphatic carbocycles. The fourth-order valence-electron chi connectivity index (χ4n) is 10.8. The minimum atomic E-state index is -1.34. The molecule has 0 saturated heterocycles. The number of hydrogen-bond donors (Lipinski definition) is 1. The third-order valence-corrected chi connectivity index (χ3v) is 16.3. The zero-order chi connectivity index (χ0) is 58.3. The molecule has 0 unspecified atom stereocenters. The van der Waals surface area contributed by atoms with Gasteiger partial charge in [-0.15, -0.1) is 0 Å². The van der Waals surface area contributed by atoms with Crippen molar-refractivity contribution in [3.63, 3.8) is 0 Å². The Morgan fingerprint density at radius 1 is 0.300 bits per heavy atom. The molecule has 6 nitrogen and oxygen atoms in total. The van der Waals surface area contributed by atoms with Crippen LogP contribution in [-0.4, -0.2) is 47.7 Å². The molecule has 0 aromatic heterocycles. The number of rotatable bonds is 58. The second-order valence-corrected chi connectivity index (χ2v) is 25.2. The van der Waals surface area contributed by atoms with Gasteiger partial charge in [0, 0.05) is 17.7 Å². The van der Waals surface area contributed by atoms with Gasteiger partial charge in [0.15, 0.2) is 11.6 Å². The zero-order valence-electron chi connectivity index (χ0n) is 54.2. The second-order valence-electron chi connectivity index (χ2n) is 25.2. The van der Waals surface area contributed by atoms with E-state index in [0.29, 0.717) is 17.7 Å². The largest absolute Gasteiger partial charge is 0.494 e. The molecule has 0 spiro atoms. The van der Waals surface area contributed by atoms with Gasteiger partial charge in [0.2, 0.25) is 0 Å². The second kappa shape index (κ2) is 54.3. The average molecular weight is 1120 g/mol. The summed E-state index contributed by atoms with van der Waals surface area (Å²) >= 11 is 0. The van der Waals surface area contributed by atoms with E-state index in [2.05, 4.69) is 20.8 Å². The number of Topliss-reactive ketones (excluding diaryl/α,β-unsaturated/α-hetero) is 2. The van der Waals surface area contributed by atoms with Crippen molar-refractivity contribution in [2.75, 3.05) is 19.8 Å². The van der Waals surface area contributed by atoms with Crippen molar-refractivity contribution in [3.05, 3.63) is 59.7 Å². The molecule has 0 fully saturated rings. The molecule has 0 heterocycles. The van der Waals surface area contributed by atoms with E-state index in [1.807, 2.05) is 50.2 Å². The van der Waals surface area contributed by atoms with Crippen molar-refractivity contribution in [3.8, 4) is 11.5 Å². The van der Waals surface area contributed by atoms with Crippen LogP contribution in [0.2, 0.25) is 0 Å². The van der Waals surface area contributed by atoms with Gasteiger partial charge in [-0.05, 0) is 95.5 Å². The summed E-state index contributed by atoms with van der Waals surface area (Å²) in [6, 6.07) is 14.7. The SMILES string of the molecule is CCCCCCCCCCCCCCCCCCOc1ccc(C(=O)C(C)(C)O)cc1.CCCCCCCCCCCCCCCCCCOc1ccc(C(=O)C(C)(C)OCCCCCCCCCCCCCCCCCC)cc1. The van der Waals surface area contributed by atoms with Gasteiger partial charge < -0.3 is 19.3 Å². The van der Waals surface area contributed by atoms with Crippen LogP contribution in [0.25, 0.3) is 0 Å². The van der Waals surface area contributed by atoms with Crippen LogP contribution in [0.4, 0.5) is 0 Å². The number of ketones is 2. The maximum Gasteiger partial charge on any atom is 0.194 e. The highest BCUT2D eigenvalue weighted by atomic mass is 16.5. The first kappa shape index (κ1) is 75.3. The summed E-state index contributed by atoms with van der Waals surface area (Å²) in [5.74, 6) is 1.42. The molecule has 0 amide bonds. The first-order valence-electron chi connectivity index (χ1n) is 34.9. The minimum Gasteiger partial charge on any atom is -0.494 e. The van der Waals surface area contributed by atoms with Gasteiger partial charge >= 0.3 is 0 Å². The summed E-state index contributed by atoms with van der Waals surface area (Å²) < 4.78 is 17.8. The van der Waals surface area contributed by atoms with Crippen molar-refractivity contribution < 1.29 is 28.9 Å². The summed E-state index contributed by atoms with van der Waals surface area (Å²) in [4.78, 5) is 25.2. The molecule has 1 N–H and O–H groups in total. The Bertz CT molecular complexity index is 1630. The van der Waals surface area contributed by atoms with Gasteiger partial charge in [-0.25, -0.2) is 0 Å². The van der Waals surface area contributed by atoms with Gasteiger partial charge in [-0.3, -0.25) is 9.59 Å². The molecule has 6 heteroatoms. The maximum atomic E-state index is 13.1. The Morgan fingerprint density at radius 3 is 0.725 bits per heavy atom. The molecule has 2 rings (SSSR count). The highest BCUT2D eigenvalue weighted by Gasteiger charge is 2.29. The lowest BCUT2D eigenvalue weighted by molar-refractivity contribution is -0.00589. The summed E-state index contributed by atoms with van der Waals surface area (Å²) in [5.41, 5.74) is -0.921. The van der Waals surface area contributed by atoms with Crippen molar-refractivity contribution in [2.24, 2.45) is 0 Å². The molecule has 0 saturated carbocycles. The number of benzene rings is 2. The molecule has 0 aliphatic heterocycles. The Balaban J connectivity index is 0.000000885. The Labute approximate surface area is 497 Å². The number of ether oxygens (including phenoxy) is 3. The number of hydrogen-bond acceptors (Lipinski definition) is 6. The summed E-state index contributed by atoms with van der Waals surface area (Å²) in [6.07, 6.45) is 65.7. The third kappa shape index (κ3) is 45.8. The lowest BCUT2D eigenvalue weighted by Gasteiger charge is -2.24. The highest BCUT2D eigenvalue weighted by molar-refractivity contribution is 6.02. The topological polar surface area (TPSA) is 82.1 Å². The summed E-state index contributed by atoms with van der Waals surface area (Å²) in [5, 5.41) is 9.79. The van der Waals surface area contributed by atoms with Crippen molar-refractivity contribution in [1.82, 2.24) is 0 Å². The van der Waals surface area contributed by atoms with Gasteiger partial charge in [0.25, 0.3) is 0 Å². The van der Waals surface area contributed by atoms with Crippen LogP contribution in [0.3, 0.4) is 0 Å². The lowest BCUT2D eigenvalue weighted by Crippen LogP contribution is -2.35. The van der Waals surface area contributed by atoms with Crippen LogP contribution in [0, 0.1) is 0 Å². The van der Waals surface area contributed by atoms with Crippen LogP contribution in [0.15, 0.2) is 48.5 Å². The van der Waals surface area contributed by atoms with Crippen LogP contribution < -0.4 is 9.47 Å². The van der Waals surface area contributed by atoms with Gasteiger partial charge in [-0.1, -0.05) is 310 Å². The average Bonchev–Trinajstić information content (AvgIpc) is 3.45. The molecule has 0 radical (unpaired) electrons. The fourth-order valence-corrected chi connectivity index (χ4v) is 10.8. The van der Waals surface area contributed by atoms with Crippen molar-refractivity contribution in [1.29, 1.82) is 0 Å². The van der Waals surface area contributed by atoms with Crippen molar-refractivity contribution >= 4 is 11.6 Å². The summed E-state index contributed by atoms with van der Waals surface area (Å²) in [7, 11) is 0. The maximum absolute atomic E-state index is 13.1. The third-order valence-electron chi connectivity index (χ3n) is 16.3. The Kier molecular flexibility index (Phi) is 51.1. The fraction of sp³-hybridized carbons (Fsp3) is 0.811. The van der Waals surface area contributed by atoms with E-state index in [1.54, 1.807) is 12.1 Å². The number of carbonyl (C=O) groups excluding carboxylic acids is 2. The van der Waals surface area contributed by atoms with Gasteiger partial charge in [0.1, 0.15) is 22.7 Å². The quantitative estimate of drug-likeness (QED) is 0.0525. The van der Waals surface area contributed by atoms with Crippen LogP contribution in [0.1, 0.15) is 377 Å². The van der Waals surface area contributed by atoms with Crippen LogP contribution in [-0.2, 0) is 4.74 Å². The molecule has 2 aromatic rings. The smallest absolute Gasteiger partial charge is 0.194 e. The molecule has 464 valence electrons. The van der Waals surface area contributed by atoms with Crippen LogP contribution in [0.5, 0.6) is 11.5 Å². The van der Waals surface area contributed by atoms with E-state index in [4.69, 9.17) is 14.2 Å². The Hall–Kier alpha value is -2.70. The molecule has 2 aromatic carbocycles. The van der Waals surface area contributed by atoms with E-state index >= 15 is 0 Å². The van der Waals surface area contributed by atoms with Crippen molar-refractivity contribution in [2.45, 2.75) is 368 Å².